The van der Waals surface area contributed by atoms with E-state index >= 15 is 0 Å². The second kappa shape index (κ2) is 7.21. The molecule has 0 radical (unpaired) electrons. The smallest absolute Gasteiger partial charge is 0.411 e. The van der Waals surface area contributed by atoms with Gasteiger partial charge in [0.25, 0.3) is 0 Å². The van der Waals surface area contributed by atoms with Crippen molar-refractivity contribution in [2.45, 2.75) is 53.1 Å². The summed E-state index contributed by atoms with van der Waals surface area (Å²) in [6.07, 6.45) is 7.06. The van der Waals surface area contributed by atoms with Crippen LogP contribution in [0, 0.1) is 18.3 Å². The average molecular weight is 239 g/mol. The largest absolute Gasteiger partial charge is 0.444 e. The fraction of sp³-hybridized carbons (Fsp3) is 0.786. The molecule has 0 aromatic carbocycles. The fourth-order valence-electron chi connectivity index (χ4n) is 1.50. The molecule has 0 aromatic heterocycles. The standard InChI is InChI=1S/C14H25NO2/c1-7-10-15(11-12(8-2)9-3)13(16)17-14(4,5)6/h1,12H,8-11H2,2-6H3. The molecule has 0 rings (SSSR count). The third-order valence-electron chi connectivity index (χ3n) is 2.57. The van der Waals surface area contributed by atoms with Gasteiger partial charge in [0.1, 0.15) is 5.60 Å². The van der Waals surface area contributed by atoms with Gasteiger partial charge in [0, 0.05) is 6.54 Å². The minimum atomic E-state index is -0.474. The van der Waals surface area contributed by atoms with Gasteiger partial charge >= 0.3 is 6.09 Å². The Bertz CT molecular complexity index is 269. The topological polar surface area (TPSA) is 29.5 Å². The van der Waals surface area contributed by atoms with E-state index in [1.807, 2.05) is 20.8 Å². The molecular formula is C14H25NO2. The number of hydrogen-bond acceptors (Lipinski definition) is 2. The van der Waals surface area contributed by atoms with Crippen LogP contribution in [-0.4, -0.2) is 29.7 Å². The van der Waals surface area contributed by atoms with E-state index in [1.54, 1.807) is 4.90 Å². The highest BCUT2D eigenvalue weighted by molar-refractivity contribution is 5.68. The predicted octanol–water partition coefficient (Wildman–Crippen LogP) is 3.29. The molecule has 0 N–H and O–H groups in total. The maximum Gasteiger partial charge on any atom is 0.411 e. The van der Waals surface area contributed by atoms with Gasteiger partial charge in [0.05, 0.1) is 6.54 Å². The molecule has 3 nitrogen and oxygen atoms in total. The van der Waals surface area contributed by atoms with Crippen LogP contribution in [0.5, 0.6) is 0 Å². The molecule has 0 fully saturated rings. The summed E-state index contributed by atoms with van der Waals surface area (Å²) in [6.45, 7) is 10.8. The molecule has 0 aromatic rings. The molecule has 0 saturated heterocycles. The molecule has 0 aliphatic carbocycles. The number of amides is 1. The summed E-state index contributed by atoms with van der Waals surface area (Å²) >= 11 is 0. The van der Waals surface area contributed by atoms with Crippen molar-refractivity contribution in [3.63, 3.8) is 0 Å². The highest BCUT2D eigenvalue weighted by atomic mass is 16.6. The second-order valence-corrected chi connectivity index (χ2v) is 5.25. The minimum absolute atomic E-state index is 0.311. The molecule has 98 valence electrons. The van der Waals surface area contributed by atoms with E-state index in [4.69, 9.17) is 11.2 Å². The first-order valence-corrected chi connectivity index (χ1v) is 6.25. The van der Waals surface area contributed by atoms with Crippen molar-refractivity contribution in [1.82, 2.24) is 4.90 Å². The molecule has 0 unspecified atom stereocenters. The average Bonchev–Trinajstić information content (AvgIpc) is 2.21. The summed E-state index contributed by atoms with van der Waals surface area (Å²) in [7, 11) is 0. The lowest BCUT2D eigenvalue weighted by Gasteiger charge is -2.28. The van der Waals surface area contributed by atoms with Gasteiger partial charge in [-0.25, -0.2) is 4.79 Å². The highest BCUT2D eigenvalue weighted by Crippen LogP contribution is 2.14. The minimum Gasteiger partial charge on any atom is -0.444 e. The van der Waals surface area contributed by atoms with E-state index in [-0.39, 0.29) is 6.09 Å². The van der Waals surface area contributed by atoms with Gasteiger partial charge in [-0.15, -0.1) is 6.42 Å². The molecule has 17 heavy (non-hydrogen) atoms. The molecule has 0 atom stereocenters. The molecule has 0 heterocycles. The van der Waals surface area contributed by atoms with Gasteiger partial charge in [-0.2, -0.15) is 0 Å². The Hall–Kier alpha value is -1.17. The van der Waals surface area contributed by atoms with Crippen LogP contribution in [-0.2, 0) is 4.74 Å². The van der Waals surface area contributed by atoms with Crippen molar-refractivity contribution in [3.8, 4) is 12.3 Å². The number of terminal acetylenes is 1. The number of nitrogens with zero attached hydrogens (tertiary/aromatic N) is 1. The number of rotatable bonds is 5. The van der Waals surface area contributed by atoms with Crippen molar-refractivity contribution in [1.29, 1.82) is 0 Å². The summed E-state index contributed by atoms with van der Waals surface area (Å²) in [5.74, 6) is 3.00. The predicted molar refractivity (Wildman–Crippen MR) is 70.7 cm³/mol. The Balaban J connectivity index is 4.52. The first-order chi connectivity index (χ1) is 7.84. The van der Waals surface area contributed by atoms with Gasteiger partial charge in [-0.3, -0.25) is 4.90 Å². The third kappa shape index (κ3) is 6.88. The summed E-state index contributed by atoms with van der Waals surface area (Å²) in [4.78, 5) is 13.5. The molecule has 1 amide bonds. The molecule has 0 aliphatic rings. The van der Waals surface area contributed by atoms with Crippen molar-refractivity contribution in [3.05, 3.63) is 0 Å². The number of carbonyl (C=O) groups excluding carboxylic acids is 1. The molecule has 0 saturated carbocycles. The van der Waals surface area contributed by atoms with Gasteiger partial charge in [-0.1, -0.05) is 32.6 Å². The summed E-state index contributed by atoms with van der Waals surface area (Å²) in [6, 6.07) is 0. The van der Waals surface area contributed by atoms with Crippen LogP contribution in [0.15, 0.2) is 0 Å². The zero-order valence-corrected chi connectivity index (χ0v) is 11.7. The summed E-state index contributed by atoms with van der Waals surface area (Å²) in [5, 5.41) is 0. The first kappa shape index (κ1) is 15.8. The molecule has 0 bridgehead atoms. The monoisotopic (exact) mass is 239 g/mol. The van der Waals surface area contributed by atoms with Gasteiger partial charge in [-0.05, 0) is 26.7 Å². The maximum atomic E-state index is 11.9. The molecule has 3 heteroatoms. The van der Waals surface area contributed by atoms with Crippen molar-refractivity contribution in [2.24, 2.45) is 5.92 Å². The summed E-state index contributed by atoms with van der Waals surface area (Å²) in [5.41, 5.74) is -0.474. The second-order valence-electron chi connectivity index (χ2n) is 5.25. The van der Waals surface area contributed by atoms with E-state index in [0.29, 0.717) is 19.0 Å². The van der Waals surface area contributed by atoms with Crippen LogP contribution >= 0.6 is 0 Å². The maximum absolute atomic E-state index is 11.9. The quantitative estimate of drug-likeness (QED) is 0.689. The van der Waals surface area contributed by atoms with Crippen LogP contribution < -0.4 is 0 Å². The SMILES string of the molecule is C#CCN(CC(CC)CC)C(=O)OC(C)(C)C. The zero-order chi connectivity index (χ0) is 13.5. The molecule has 0 aliphatic heterocycles. The van der Waals surface area contributed by atoms with Gasteiger partial charge in [0.15, 0.2) is 0 Å². The highest BCUT2D eigenvalue weighted by Gasteiger charge is 2.23. The van der Waals surface area contributed by atoms with Crippen LogP contribution in [0.2, 0.25) is 0 Å². The molecular weight excluding hydrogens is 214 g/mol. The van der Waals surface area contributed by atoms with E-state index in [1.165, 1.54) is 0 Å². The van der Waals surface area contributed by atoms with Crippen LogP contribution in [0.1, 0.15) is 47.5 Å². The lowest BCUT2D eigenvalue weighted by atomic mass is 10.0. The Morgan fingerprint density at radius 2 is 1.88 bits per heavy atom. The fourth-order valence-corrected chi connectivity index (χ4v) is 1.50. The van der Waals surface area contributed by atoms with Crippen LogP contribution in [0.4, 0.5) is 4.79 Å². The van der Waals surface area contributed by atoms with Crippen molar-refractivity contribution >= 4 is 6.09 Å². The number of hydrogen-bond donors (Lipinski definition) is 0. The Morgan fingerprint density at radius 3 is 2.24 bits per heavy atom. The normalized spacial score (nSPS) is 11.1. The van der Waals surface area contributed by atoms with Gasteiger partial charge < -0.3 is 4.74 Å². The van der Waals surface area contributed by atoms with E-state index in [2.05, 4.69) is 19.8 Å². The van der Waals surface area contributed by atoms with Crippen molar-refractivity contribution in [2.75, 3.05) is 13.1 Å². The molecule has 0 spiro atoms. The lowest BCUT2D eigenvalue weighted by Crippen LogP contribution is -2.39. The van der Waals surface area contributed by atoms with Crippen molar-refractivity contribution < 1.29 is 9.53 Å². The van der Waals surface area contributed by atoms with E-state index < -0.39 is 5.60 Å². The van der Waals surface area contributed by atoms with Crippen LogP contribution in [0.25, 0.3) is 0 Å². The van der Waals surface area contributed by atoms with E-state index in [9.17, 15) is 4.79 Å². The van der Waals surface area contributed by atoms with E-state index in [0.717, 1.165) is 12.8 Å². The first-order valence-electron chi connectivity index (χ1n) is 6.25. The number of ether oxygens (including phenoxy) is 1. The Labute approximate surface area is 106 Å². The Kier molecular flexibility index (Phi) is 6.72. The number of carbonyl (C=O) groups is 1. The third-order valence-corrected chi connectivity index (χ3v) is 2.57. The van der Waals surface area contributed by atoms with Crippen LogP contribution in [0.3, 0.4) is 0 Å². The van der Waals surface area contributed by atoms with Gasteiger partial charge in [0.2, 0.25) is 0 Å². The zero-order valence-electron chi connectivity index (χ0n) is 11.7. The Morgan fingerprint density at radius 1 is 1.35 bits per heavy atom. The summed E-state index contributed by atoms with van der Waals surface area (Å²) < 4.78 is 5.33. The lowest BCUT2D eigenvalue weighted by molar-refractivity contribution is 0.0245.